The maximum atomic E-state index is 2.40. The van der Waals surface area contributed by atoms with Crippen LogP contribution in [0, 0.1) is 0 Å². The van der Waals surface area contributed by atoms with Crippen LogP contribution < -0.4 is 0 Å². The predicted molar refractivity (Wildman–Crippen MR) is 186 cm³/mol. The van der Waals surface area contributed by atoms with E-state index in [1.807, 2.05) is 0 Å². The third-order valence-electron chi connectivity index (χ3n) is 8.95. The predicted octanol–water partition coefficient (Wildman–Crippen LogP) is 11.2. The highest BCUT2D eigenvalue weighted by Gasteiger charge is 2.14. The molecule has 0 N–H and O–H groups in total. The summed E-state index contributed by atoms with van der Waals surface area (Å²) in [6, 6.07) is 61.4. The van der Waals surface area contributed by atoms with Gasteiger partial charge in [-0.05, 0) is 70.8 Å². The van der Waals surface area contributed by atoms with Crippen molar-refractivity contribution in [3.63, 3.8) is 0 Å². The number of nitrogens with zero attached hydrogens (tertiary/aromatic N) is 2. The van der Waals surface area contributed by atoms with E-state index in [1.165, 1.54) is 71.6 Å². The Hall–Kier alpha value is -5.86. The zero-order chi connectivity index (χ0) is 29.0. The smallest absolute Gasteiger partial charge is 0.0547 e. The number of rotatable bonds is 4. The van der Waals surface area contributed by atoms with E-state index < -0.39 is 0 Å². The zero-order valence-corrected chi connectivity index (χ0v) is 24.1. The van der Waals surface area contributed by atoms with E-state index in [4.69, 9.17) is 0 Å². The van der Waals surface area contributed by atoms with Crippen LogP contribution in [0.25, 0.3) is 77.2 Å². The molecule has 206 valence electrons. The molecule has 0 amide bonds. The molecular formula is C42H28N2. The summed E-state index contributed by atoms with van der Waals surface area (Å²) in [7, 11) is 0. The fraction of sp³-hybridized carbons (Fsp3) is 0. The second-order valence-corrected chi connectivity index (χ2v) is 11.4. The average molecular weight is 561 g/mol. The number of fused-ring (bicyclic) bond motifs is 6. The van der Waals surface area contributed by atoms with Gasteiger partial charge in [0.2, 0.25) is 0 Å². The molecule has 0 fully saturated rings. The van der Waals surface area contributed by atoms with Crippen LogP contribution in [0.1, 0.15) is 0 Å². The highest BCUT2D eigenvalue weighted by Crippen LogP contribution is 2.36. The minimum atomic E-state index is 1.16. The van der Waals surface area contributed by atoms with Gasteiger partial charge in [-0.3, -0.25) is 0 Å². The molecule has 9 aromatic rings. The molecule has 0 spiro atoms. The van der Waals surface area contributed by atoms with E-state index in [9.17, 15) is 0 Å². The van der Waals surface area contributed by atoms with Crippen molar-refractivity contribution in [1.29, 1.82) is 0 Å². The fourth-order valence-electron chi connectivity index (χ4n) is 6.87. The Morgan fingerprint density at radius 1 is 0.250 bits per heavy atom. The van der Waals surface area contributed by atoms with Crippen LogP contribution in [-0.2, 0) is 0 Å². The van der Waals surface area contributed by atoms with Crippen molar-refractivity contribution < 1.29 is 0 Å². The molecule has 2 heteroatoms. The summed E-state index contributed by atoms with van der Waals surface area (Å²) in [5.74, 6) is 0. The third kappa shape index (κ3) is 3.82. The molecule has 2 heterocycles. The Labute approximate surface area is 255 Å². The monoisotopic (exact) mass is 560 g/mol. The molecule has 0 saturated carbocycles. The SMILES string of the molecule is c1ccc(-c2ccc3c4ccccc4n(-c4ccc(-c5ccc(-n6c7ccccc7c7ccccc76)cc5)cc4)c3c2)cc1. The van der Waals surface area contributed by atoms with Crippen molar-refractivity contribution in [1.82, 2.24) is 9.13 Å². The average Bonchev–Trinajstić information content (AvgIpc) is 3.61. The molecule has 9 rings (SSSR count). The molecule has 0 aliphatic rings. The molecule has 2 aromatic heterocycles. The second kappa shape index (κ2) is 9.86. The summed E-state index contributed by atoms with van der Waals surface area (Å²) in [6.07, 6.45) is 0. The zero-order valence-electron chi connectivity index (χ0n) is 24.1. The lowest BCUT2D eigenvalue weighted by atomic mass is 10.0. The van der Waals surface area contributed by atoms with E-state index in [1.54, 1.807) is 0 Å². The lowest BCUT2D eigenvalue weighted by molar-refractivity contribution is 1.18. The van der Waals surface area contributed by atoms with Crippen LogP contribution >= 0.6 is 0 Å². The number of aromatic nitrogens is 2. The van der Waals surface area contributed by atoms with E-state index in [0.29, 0.717) is 0 Å². The Morgan fingerprint density at radius 3 is 1.11 bits per heavy atom. The summed E-state index contributed by atoms with van der Waals surface area (Å²) < 4.78 is 4.76. The molecular weight excluding hydrogens is 532 g/mol. The van der Waals surface area contributed by atoms with Crippen molar-refractivity contribution in [2.75, 3.05) is 0 Å². The van der Waals surface area contributed by atoms with Crippen LogP contribution in [0.3, 0.4) is 0 Å². The summed E-state index contributed by atoms with van der Waals surface area (Å²) in [4.78, 5) is 0. The number of benzene rings is 7. The van der Waals surface area contributed by atoms with Gasteiger partial charge in [-0.15, -0.1) is 0 Å². The largest absolute Gasteiger partial charge is 0.309 e. The van der Waals surface area contributed by atoms with Gasteiger partial charge in [0, 0.05) is 32.9 Å². The Morgan fingerprint density at radius 2 is 0.614 bits per heavy atom. The maximum Gasteiger partial charge on any atom is 0.0547 e. The second-order valence-electron chi connectivity index (χ2n) is 11.4. The topological polar surface area (TPSA) is 9.86 Å². The third-order valence-corrected chi connectivity index (χ3v) is 8.95. The van der Waals surface area contributed by atoms with Crippen LogP contribution in [0.5, 0.6) is 0 Å². The quantitative estimate of drug-likeness (QED) is 0.203. The first kappa shape index (κ1) is 24.7. The van der Waals surface area contributed by atoms with Gasteiger partial charge in [0.15, 0.2) is 0 Å². The van der Waals surface area contributed by atoms with Gasteiger partial charge < -0.3 is 9.13 Å². The molecule has 0 aliphatic heterocycles. The maximum absolute atomic E-state index is 2.40. The molecule has 0 radical (unpaired) electrons. The first-order chi connectivity index (χ1) is 21.8. The van der Waals surface area contributed by atoms with Gasteiger partial charge in [0.05, 0.1) is 22.1 Å². The summed E-state index contributed by atoms with van der Waals surface area (Å²) in [6.45, 7) is 0. The molecule has 0 atom stereocenters. The van der Waals surface area contributed by atoms with E-state index in [0.717, 1.165) is 5.69 Å². The van der Waals surface area contributed by atoms with Gasteiger partial charge in [-0.2, -0.15) is 0 Å². The lowest BCUT2D eigenvalue weighted by Crippen LogP contribution is -1.95. The lowest BCUT2D eigenvalue weighted by Gasteiger charge is -2.11. The van der Waals surface area contributed by atoms with E-state index in [2.05, 4.69) is 179 Å². The molecule has 44 heavy (non-hydrogen) atoms. The van der Waals surface area contributed by atoms with E-state index >= 15 is 0 Å². The Balaban J connectivity index is 1.12. The van der Waals surface area contributed by atoms with Gasteiger partial charge in [0.25, 0.3) is 0 Å². The Kier molecular flexibility index (Phi) is 5.54. The Bertz CT molecular complexity index is 2410. The van der Waals surface area contributed by atoms with Crippen LogP contribution in [-0.4, -0.2) is 9.13 Å². The fourth-order valence-corrected chi connectivity index (χ4v) is 6.87. The number of para-hydroxylation sites is 3. The van der Waals surface area contributed by atoms with Gasteiger partial charge >= 0.3 is 0 Å². The first-order valence-corrected chi connectivity index (χ1v) is 15.1. The molecule has 0 unspecified atom stereocenters. The minimum absolute atomic E-state index is 1.16. The van der Waals surface area contributed by atoms with Gasteiger partial charge in [-0.1, -0.05) is 121 Å². The normalized spacial score (nSPS) is 11.6. The van der Waals surface area contributed by atoms with Crippen molar-refractivity contribution in [2.45, 2.75) is 0 Å². The first-order valence-electron chi connectivity index (χ1n) is 15.1. The summed E-state index contributed by atoms with van der Waals surface area (Å²) in [5, 5.41) is 5.10. The van der Waals surface area contributed by atoms with Gasteiger partial charge in [-0.25, -0.2) is 0 Å². The highest BCUT2D eigenvalue weighted by atomic mass is 15.0. The minimum Gasteiger partial charge on any atom is -0.309 e. The van der Waals surface area contributed by atoms with Crippen LogP contribution in [0.15, 0.2) is 170 Å². The van der Waals surface area contributed by atoms with Crippen molar-refractivity contribution in [3.05, 3.63) is 170 Å². The molecule has 0 saturated heterocycles. The summed E-state index contributed by atoms with van der Waals surface area (Å²) >= 11 is 0. The molecule has 2 nitrogen and oxygen atoms in total. The van der Waals surface area contributed by atoms with Crippen molar-refractivity contribution in [3.8, 4) is 33.6 Å². The van der Waals surface area contributed by atoms with Crippen molar-refractivity contribution >= 4 is 43.6 Å². The standard InChI is InChI=1S/C42H28N2/c1-2-10-29(11-3-1)32-22-27-38-37-14-6-9-17-41(37)44(42(38)28-32)34-25-20-31(21-26-34)30-18-23-33(24-19-30)43-39-15-7-4-12-35(39)36-13-5-8-16-40(36)43/h1-28H. The highest BCUT2D eigenvalue weighted by molar-refractivity contribution is 6.10. The van der Waals surface area contributed by atoms with Crippen LogP contribution in [0.4, 0.5) is 0 Å². The van der Waals surface area contributed by atoms with Gasteiger partial charge in [0.1, 0.15) is 0 Å². The molecule has 7 aromatic carbocycles. The van der Waals surface area contributed by atoms with Crippen molar-refractivity contribution in [2.24, 2.45) is 0 Å². The molecule has 0 aliphatic carbocycles. The van der Waals surface area contributed by atoms with Crippen LogP contribution in [0.2, 0.25) is 0 Å². The molecule has 0 bridgehead atoms. The number of hydrogen-bond acceptors (Lipinski definition) is 0. The summed E-state index contributed by atoms with van der Waals surface area (Å²) in [5.41, 5.74) is 12.1. The van der Waals surface area contributed by atoms with E-state index in [-0.39, 0.29) is 0 Å². The number of hydrogen-bond donors (Lipinski definition) is 0.